The lowest BCUT2D eigenvalue weighted by Crippen LogP contribution is -2.26. The number of nitrogens with one attached hydrogen (secondary N) is 1. The van der Waals surface area contributed by atoms with Crippen LogP contribution in [0.2, 0.25) is 5.02 Å². The molecular formula is C12H16ClF2NO2. The second kappa shape index (κ2) is 6.20. The van der Waals surface area contributed by atoms with Gasteiger partial charge in [0.1, 0.15) is 5.75 Å². The Hall–Kier alpha value is -1.07. The Morgan fingerprint density at radius 2 is 2.11 bits per heavy atom. The minimum Gasteiger partial charge on any atom is -0.433 e. The van der Waals surface area contributed by atoms with E-state index in [9.17, 15) is 8.78 Å². The van der Waals surface area contributed by atoms with Crippen LogP contribution in [0.3, 0.4) is 0 Å². The van der Waals surface area contributed by atoms with Crippen LogP contribution in [0.25, 0.3) is 0 Å². The third-order valence-corrected chi connectivity index (χ3v) is 2.64. The summed E-state index contributed by atoms with van der Waals surface area (Å²) in [4.78, 5) is 0. The maximum Gasteiger partial charge on any atom is 0.387 e. The minimum absolute atomic E-state index is 0.0420. The second-order valence-corrected chi connectivity index (χ2v) is 5.11. The smallest absolute Gasteiger partial charge is 0.387 e. The summed E-state index contributed by atoms with van der Waals surface area (Å²) in [5, 5.41) is 12.3. The standard InChI is InChI=1S/C12H16ClF2NO2/c1-12(2,7-17)6-16-8-3-4-10(9(13)5-8)18-11(14)15/h3-5,11,16-17H,6-7H2,1-2H3. The molecule has 0 heterocycles. The van der Waals surface area contributed by atoms with Gasteiger partial charge in [-0.15, -0.1) is 0 Å². The van der Waals surface area contributed by atoms with Crippen molar-refractivity contribution in [3.63, 3.8) is 0 Å². The van der Waals surface area contributed by atoms with Gasteiger partial charge in [-0.1, -0.05) is 25.4 Å². The molecule has 0 aromatic heterocycles. The molecule has 0 spiro atoms. The van der Waals surface area contributed by atoms with E-state index in [0.29, 0.717) is 12.2 Å². The topological polar surface area (TPSA) is 41.5 Å². The first-order valence-electron chi connectivity index (χ1n) is 5.43. The first-order chi connectivity index (χ1) is 8.34. The highest BCUT2D eigenvalue weighted by Crippen LogP contribution is 2.29. The van der Waals surface area contributed by atoms with Gasteiger partial charge in [-0.2, -0.15) is 8.78 Å². The van der Waals surface area contributed by atoms with Gasteiger partial charge in [-0.25, -0.2) is 0 Å². The van der Waals surface area contributed by atoms with Gasteiger partial charge in [0.05, 0.1) is 5.02 Å². The Labute approximate surface area is 110 Å². The first kappa shape index (κ1) is 15.0. The number of aliphatic hydroxyl groups is 1. The summed E-state index contributed by atoms with van der Waals surface area (Å²) in [6.45, 7) is 1.48. The van der Waals surface area contributed by atoms with Crippen molar-refractivity contribution in [2.75, 3.05) is 18.5 Å². The average Bonchev–Trinajstić information content (AvgIpc) is 2.29. The summed E-state index contributed by atoms with van der Waals surface area (Å²) in [5.74, 6) is -0.0568. The minimum atomic E-state index is -2.89. The lowest BCUT2D eigenvalue weighted by Gasteiger charge is -2.22. The van der Waals surface area contributed by atoms with E-state index >= 15 is 0 Å². The maximum atomic E-state index is 12.0. The lowest BCUT2D eigenvalue weighted by atomic mass is 9.95. The predicted octanol–water partition coefficient (Wildman–Crippen LogP) is 3.37. The first-order valence-corrected chi connectivity index (χ1v) is 5.81. The van der Waals surface area contributed by atoms with Gasteiger partial charge in [-0.05, 0) is 18.2 Å². The van der Waals surface area contributed by atoms with Crippen LogP contribution in [-0.4, -0.2) is 24.9 Å². The van der Waals surface area contributed by atoms with Crippen LogP contribution in [0, 0.1) is 5.41 Å². The molecule has 0 aliphatic heterocycles. The van der Waals surface area contributed by atoms with Gasteiger partial charge in [0, 0.05) is 24.3 Å². The Kier molecular flexibility index (Phi) is 5.16. The molecule has 0 aliphatic carbocycles. The molecule has 102 valence electrons. The van der Waals surface area contributed by atoms with Crippen LogP contribution in [0.4, 0.5) is 14.5 Å². The van der Waals surface area contributed by atoms with E-state index in [-0.39, 0.29) is 22.8 Å². The Morgan fingerprint density at radius 1 is 1.44 bits per heavy atom. The fourth-order valence-corrected chi connectivity index (χ4v) is 1.42. The molecule has 2 N–H and O–H groups in total. The van der Waals surface area contributed by atoms with Gasteiger partial charge in [0.2, 0.25) is 0 Å². The van der Waals surface area contributed by atoms with Crippen LogP contribution in [0.5, 0.6) is 5.75 Å². The van der Waals surface area contributed by atoms with E-state index in [0.717, 1.165) is 0 Å². The van der Waals surface area contributed by atoms with E-state index in [4.69, 9.17) is 16.7 Å². The number of alkyl halides is 2. The van der Waals surface area contributed by atoms with Gasteiger partial charge >= 0.3 is 6.61 Å². The van der Waals surface area contributed by atoms with Crippen molar-refractivity contribution in [1.29, 1.82) is 0 Å². The van der Waals surface area contributed by atoms with Gasteiger partial charge in [0.25, 0.3) is 0 Å². The number of aliphatic hydroxyl groups excluding tert-OH is 1. The highest BCUT2D eigenvalue weighted by atomic mass is 35.5. The fourth-order valence-electron chi connectivity index (χ4n) is 1.20. The zero-order valence-electron chi connectivity index (χ0n) is 10.2. The summed E-state index contributed by atoms with van der Waals surface area (Å²) in [6.07, 6.45) is 0. The highest BCUT2D eigenvalue weighted by molar-refractivity contribution is 6.32. The number of hydrogen-bond donors (Lipinski definition) is 2. The van der Waals surface area contributed by atoms with Crippen molar-refractivity contribution in [2.24, 2.45) is 5.41 Å². The molecule has 0 saturated carbocycles. The third kappa shape index (κ3) is 4.66. The highest BCUT2D eigenvalue weighted by Gasteiger charge is 2.16. The summed E-state index contributed by atoms with van der Waals surface area (Å²) < 4.78 is 28.3. The van der Waals surface area contributed by atoms with E-state index in [2.05, 4.69) is 10.1 Å². The van der Waals surface area contributed by atoms with Gasteiger partial charge in [0.15, 0.2) is 0 Å². The quantitative estimate of drug-likeness (QED) is 0.839. The molecule has 18 heavy (non-hydrogen) atoms. The van der Waals surface area contributed by atoms with Crippen LogP contribution in [-0.2, 0) is 0 Å². The fraction of sp³-hybridized carbons (Fsp3) is 0.500. The average molecular weight is 280 g/mol. The van der Waals surface area contributed by atoms with Crippen LogP contribution in [0.1, 0.15) is 13.8 Å². The number of ether oxygens (including phenoxy) is 1. The zero-order valence-corrected chi connectivity index (χ0v) is 11.0. The molecule has 1 aromatic rings. The zero-order chi connectivity index (χ0) is 13.8. The SMILES string of the molecule is CC(C)(CO)CNc1ccc(OC(F)F)c(Cl)c1. The summed E-state index contributed by atoms with van der Waals surface area (Å²) >= 11 is 5.81. The van der Waals surface area contributed by atoms with Crippen LogP contribution >= 0.6 is 11.6 Å². The number of hydrogen-bond acceptors (Lipinski definition) is 3. The van der Waals surface area contributed by atoms with Crippen molar-refractivity contribution in [3.05, 3.63) is 23.2 Å². The molecule has 1 rings (SSSR count). The van der Waals surface area contributed by atoms with Gasteiger partial charge < -0.3 is 15.2 Å². The van der Waals surface area contributed by atoms with Crippen molar-refractivity contribution in [3.8, 4) is 5.75 Å². The molecule has 3 nitrogen and oxygen atoms in total. The molecule has 6 heteroatoms. The monoisotopic (exact) mass is 279 g/mol. The molecule has 0 fully saturated rings. The van der Waals surface area contributed by atoms with E-state index < -0.39 is 6.61 Å². The van der Waals surface area contributed by atoms with E-state index in [1.807, 2.05) is 13.8 Å². The lowest BCUT2D eigenvalue weighted by molar-refractivity contribution is -0.0497. The molecule has 1 aromatic carbocycles. The molecule has 0 saturated heterocycles. The molecule has 0 unspecified atom stereocenters. The second-order valence-electron chi connectivity index (χ2n) is 4.70. The largest absolute Gasteiger partial charge is 0.433 e. The Bertz CT molecular complexity index is 400. The molecule has 0 amide bonds. The number of rotatable bonds is 6. The maximum absolute atomic E-state index is 12.0. The third-order valence-electron chi connectivity index (χ3n) is 2.35. The summed E-state index contributed by atoms with van der Waals surface area (Å²) in [7, 11) is 0. The van der Waals surface area contributed by atoms with Crippen LogP contribution < -0.4 is 10.1 Å². The van der Waals surface area contributed by atoms with Gasteiger partial charge in [-0.3, -0.25) is 0 Å². The van der Waals surface area contributed by atoms with E-state index in [1.54, 1.807) is 6.07 Å². The van der Waals surface area contributed by atoms with Crippen molar-refractivity contribution in [2.45, 2.75) is 20.5 Å². The van der Waals surface area contributed by atoms with Crippen molar-refractivity contribution in [1.82, 2.24) is 0 Å². The summed E-state index contributed by atoms with van der Waals surface area (Å²) in [5.41, 5.74) is 0.410. The van der Waals surface area contributed by atoms with Crippen molar-refractivity contribution >= 4 is 17.3 Å². The number of benzene rings is 1. The van der Waals surface area contributed by atoms with Crippen LogP contribution in [0.15, 0.2) is 18.2 Å². The molecule has 0 aliphatic rings. The molecule has 0 atom stereocenters. The normalized spacial score (nSPS) is 11.7. The summed E-state index contributed by atoms with van der Waals surface area (Å²) in [6, 6.07) is 4.48. The number of anilines is 1. The Morgan fingerprint density at radius 3 is 2.61 bits per heavy atom. The predicted molar refractivity (Wildman–Crippen MR) is 67.4 cm³/mol. The molecular weight excluding hydrogens is 264 g/mol. The number of halogens is 3. The van der Waals surface area contributed by atoms with Crippen molar-refractivity contribution < 1.29 is 18.6 Å². The van der Waals surface area contributed by atoms with E-state index in [1.165, 1.54) is 12.1 Å². The molecule has 0 bridgehead atoms. The molecule has 0 radical (unpaired) electrons. The Balaban J connectivity index is 2.67.